The first-order chi connectivity index (χ1) is 9.68. The zero-order valence-corrected chi connectivity index (χ0v) is 14.1. The number of esters is 2. The second-order valence-electron chi connectivity index (χ2n) is 4.29. The van der Waals surface area contributed by atoms with Gasteiger partial charge in [0.25, 0.3) is 0 Å². The maximum absolute atomic E-state index is 12.7. The minimum atomic E-state index is -3.91. The van der Waals surface area contributed by atoms with Gasteiger partial charge >= 0.3 is 11.9 Å². The highest BCUT2D eigenvalue weighted by atomic mass is 32.2. The lowest BCUT2D eigenvalue weighted by Gasteiger charge is -2.14. The van der Waals surface area contributed by atoms with Crippen LogP contribution >= 0.6 is 0 Å². The highest BCUT2D eigenvalue weighted by Crippen LogP contribution is 2.28. The largest absolute Gasteiger partial charge is 0.466 e. The molecule has 6 nitrogen and oxygen atoms in total. The van der Waals surface area contributed by atoms with Gasteiger partial charge in [-0.15, -0.1) is 0 Å². The van der Waals surface area contributed by atoms with E-state index < -0.39 is 21.8 Å². The lowest BCUT2D eigenvalue weighted by molar-refractivity contribution is -0.136. The van der Waals surface area contributed by atoms with Crippen LogP contribution in [0, 0.1) is 0 Å². The molecule has 0 fully saturated rings. The van der Waals surface area contributed by atoms with Crippen LogP contribution in [0.1, 0.15) is 40.5 Å². The molecular formula is C14H22O6S. The van der Waals surface area contributed by atoms with Crippen molar-refractivity contribution in [3.63, 3.8) is 0 Å². The minimum absolute atomic E-state index is 0.0172. The Bertz CT molecular complexity index is 535. The van der Waals surface area contributed by atoms with Gasteiger partial charge in [0.15, 0.2) is 9.84 Å². The van der Waals surface area contributed by atoms with E-state index in [0.717, 1.165) is 0 Å². The first-order valence-electron chi connectivity index (χ1n) is 6.50. The van der Waals surface area contributed by atoms with E-state index in [0.29, 0.717) is 0 Å². The Balaban J connectivity index is 6.28. The van der Waals surface area contributed by atoms with Crippen LogP contribution in [0.2, 0.25) is 0 Å². The summed E-state index contributed by atoms with van der Waals surface area (Å²) in [7, 11) is -1.55. The van der Waals surface area contributed by atoms with Crippen molar-refractivity contribution in [3.8, 4) is 0 Å². The Labute approximate surface area is 125 Å². The summed E-state index contributed by atoms with van der Waals surface area (Å²) < 4.78 is 34.5. The summed E-state index contributed by atoms with van der Waals surface area (Å²) in [5.41, 5.74) is 0.0345. The SMILES string of the molecule is CCC(=C(C)C(=O)OC)S(=O)(=O)C(CC)=C(C)C(=O)OC. The molecule has 0 bridgehead atoms. The van der Waals surface area contributed by atoms with Crippen molar-refractivity contribution < 1.29 is 27.5 Å². The molecule has 0 aromatic heterocycles. The molecule has 0 atom stereocenters. The molecule has 0 saturated heterocycles. The van der Waals surface area contributed by atoms with Crippen molar-refractivity contribution >= 4 is 21.8 Å². The molecule has 120 valence electrons. The number of methoxy groups -OCH3 is 2. The van der Waals surface area contributed by atoms with Gasteiger partial charge in [-0.1, -0.05) is 13.8 Å². The van der Waals surface area contributed by atoms with E-state index in [1.54, 1.807) is 13.8 Å². The van der Waals surface area contributed by atoms with E-state index in [9.17, 15) is 18.0 Å². The van der Waals surface area contributed by atoms with Crippen molar-refractivity contribution in [3.05, 3.63) is 21.0 Å². The average Bonchev–Trinajstić information content (AvgIpc) is 2.45. The predicted molar refractivity (Wildman–Crippen MR) is 78.9 cm³/mol. The Kier molecular flexibility index (Phi) is 7.35. The Morgan fingerprint density at radius 1 is 0.810 bits per heavy atom. The Hall–Kier alpha value is -1.63. The highest BCUT2D eigenvalue weighted by molar-refractivity contribution is 7.99. The molecule has 0 aliphatic heterocycles. The smallest absolute Gasteiger partial charge is 0.334 e. The number of sulfone groups is 1. The van der Waals surface area contributed by atoms with Crippen molar-refractivity contribution in [1.29, 1.82) is 0 Å². The molecule has 0 aliphatic carbocycles. The van der Waals surface area contributed by atoms with E-state index in [1.165, 1.54) is 28.1 Å². The minimum Gasteiger partial charge on any atom is -0.466 e. The lowest BCUT2D eigenvalue weighted by atomic mass is 10.2. The van der Waals surface area contributed by atoms with Crippen LogP contribution in [0.3, 0.4) is 0 Å². The number of hydrogen-bond donors (Lipinski definition) is 0. The van der Waals surface area contributed by atoms with Crippen LogP contribution in [-0.2, 0) is 28.9 Å². The second-order valence-corrected chi connectivity index (χ2v) is 6.28. The fourth-order valence-electron chi connectivity index (χ4n) is 2.00. The molecule has 0 aromatic carbocycles. The number of allylic oxidation sites excluding steroid dienone is 2. The van der Waals surface area contributed by atoms with Gasteiger partial charge in [-0.3, -0.25) is 0 Å². The number of carbonyl (C=O) groups excluding carboxylic acids is 2. The Morgan fingerprint density at radius 2 is 1.10 bits per heavy atom. The third-order valence-corrected chi connectivity index (χ3v) is 5.60. The van der Waals surface area contributed by atoms with Crippen LogP contribution in [0.4, 0.5) is 0 Å². The zero-order chi connectivity index (χ0) is 16.8. The molecule has 0 N–H and O–H groups in total. The van der Waals surface area contributed by atoms with Gasteiger partial charge in [-0.25, -0.2) is 18.0 Å². The van der Waals surface area contributed by atoms with Crippen molar-refractivity contribution in [2.24, 2.45) is 0 Å². The fraction of sp³-hybridized carbons (Fsp3) is 0.571. The first kappa shape index (κ1) is 19.4. The average molecular weight is 318 g/mol. The summed E-state index contributed by atoms with van der Waals surface area (Å²) >= 11 is 0. The number of carbonyl (C=O) groups is 2. The summed E-state index contributed by atoms with van der Waals surface area (Å²) in [4.78, 5) is 23.1. The molecule has 0 saturated carbocycles. The summed E-state index contributed by atoms with van der Waals surface area (Å²) in [6.07, 6.45) is 0.252. The van der Waals surface area contributed by atoms with Crippen LogP contribution in [0.15, 0.2) is 21.0 Å². The third kappa shape index (κ3) is 4.17. The first-order valence-corrected chi connectivity index (χ1v) is 7.98. The maximum atomic E-state index is 12.7. The molecule has 0 unspecified atom stereocenters. The van der Waals surface area contributed by atoms with Gasteiger partial charge in [0.1, 0.15) is 0 Å². The summed E-state index contributed by atoms with van der Waals surface area (Å²) in [6, 6.07) is 0. The molecule has 0 amide bonds. The van der Waals surface area contributed by atoms with E-state index in [2.05, 4.69) is 9.47 Å². The quantitative estimate of drug-likeness (QED) is 0.550. The topological polar surface area (TPSA) is 86.7 Å². The standard InChI is InChI=1S/C14H22O6S/c1-7-11(9(3)13(15)19-5)21(17,18)12(8-2)10(4)14(16)20-6/h7-8H2,1-6H3. The molecule has 0 radical (unpaired) electrons. The molecule has 0 heterocycles. The van der Waals surface area contributed by atoms with Gasteiger partial charge < -0.3 is 9.47 Å². The molecule has 0 rings (SSSR count). The number of rotatable bonds is 6. The summed E-state index contributed by atoms with van der Waals surface area (Å²) in [5.74, 6) is -1.41. The Morgan fingerprint density at radius 3 is 1.29 bits per heavy atom. The molecule has 0 aromatic rings. The van der Waals surface area contributed by atoms with E-state index >= 15 is 0 Å². The van der Waals surface area contributed by atoms with Gasteiger partial charge in [0, 0.05) is 11.1 Å². The molecule has 7 heteroatoms. The van der Waals surface area contributed by atoms with Crippen LogP contribution < -0.4 is 0 Å². The normalized spacial score (nSPS) is 14.0. The van der Waals surface area contributed by atoms with Gasteiger partial charge in [-0.05, 0) is 26.7 Å². The van der Waals surface area contributed by atoms with Gasteiger partial charge in [0.2, 0.25) is 0 Å². The molecule has 0 aliphatic rings. The predicted octanol–water partition coefficient (Wildman–Crippen LogP) is 2.12. The van der Waals surface area contributed by atoms with E-state index in [1.807, 2.05) is 0 Å². The second kappa shape index (κ2) is 7.97. The fourth-order valence-corrected chi connectivity index (χ4v) is 4.03. The third-order valence-electron chi connectivity index (χ3n) is 3.11. The van der Waals surface area contributed by atoms with Crippen LogP contribution in [0.25, 0.3) is 0 Å². The summed E-state index contributed by atoms with van der Waals surface area (Å²) in [5, 5.41) is 0. The summed E-state index contributed by atoms with van der Waals surface area (Å²) in [6.45, 7) is 6.03. The molecule has 0 spiro atoms. The van der Waals surface area contributed by atoms with Crippen LogP contribution in [-0.4, -0.2) is 34.6 Å². The maximum Gasteiger partial charge on any atom is 0.334 e. The van der Waals surface area contributed by atoms with Crippen molar-refractivity contribution in [2.45, 2.75) is 40.5 Å². The number of hydrogen-bond acceptors (Lipinski definition) is 6. The van der Waals surface area contributed by atoms with E-state index in [-0.39, 0.29) is 33.8 Å². The van der Waals surface area contributed by atoms with E-state index in [4.69, 9.17) is 0 Å². The molecular weight excluding hydrogens is 296 g/mol. The lowest BCUT2D eigenvalue weighted by Crippen LogP contribution is -2.17. The van der Waals surface area contributed by atoms with Crippen LogP contribution in [0.5, 0.6) is 0 Å². The number of ether oxygens (including phenoxy) is 2. The molecule has 21 heavy (non-hydrogen) atoms. The van der Waals surface area contributed by atoms with Crippen molar-refractivity contribution in [2.75, 3.05) is 14.2 Å². The van der Waals surface area contributed by atoms with Gasteiger partial charge in [-0.2, -0.15) is 0 Å². The highest BCUT2D eigenvalue weighted by Gasteiger charge is 2.29. The monoisotopic (exact) mass is 318 g/mol. The van der Waals surface area contributed by atoms with Gasteiger partial charge in [0.05, 0.1) is 24.0 Å². The zero-order valence-electron chi connectivity index (χ0n) is 13.3. The van der Waals surface area contributed by atoms with Crippen molar-refractivity contribution in [1.82, 2.24) is 0 Å².